The van der Waals surface area contributed by atoms with Gasteiger partial charge in [0.1, 0.15) is 11.9 Å². The van der Waals surface area contributed by atoms with Crippen molar-refractivity contribution < 1.29 is 18.7 Å². The zero-order valence-electron chi connectivity index (χ0n) is 19.5. The Morgan fingerprint density at radius 3 is 2.97 bits per heavy atom. The number of halogens is 1. The zero-order valence-corrected chi connectivity index (χ0v) is 20.3. The molecular formula is C27H29FN2O3S. The van der Waals surface area contributed by atoms with Gasteiger partial charge in [-0.25, -0.2) is 4.39 Å². The van der Waals surface area contributed by atoms with E-state index in [1.165, 1.54) is 7.11 Å². The summed E-state index contributed by atoms with van der Waals surface area (Å²) in [5, 5.41) is 2.77. The number of carbonyl (C=O) groups excluding carboxylic acids is 1. The topological polar surface area (TPSA) is 51.7 Å². The van der Waals surface area contributed by atoms with Gasteiger partial charge in [-0.15, -0.1) is 11.3 Å². The molecule has 3 heterocycles. The minimum absolute atomic E-state index is 0.0786. The number of methoxy groups -OCH3 is 2. The summed E-state index contributed by atoms with van der Waals surface area (Å²) in [4.78, 5) is 20.1. The Morgan fingerprint density at radius 1 is 1.32 bits per heavy atom. The predicted octanol–water partition coefficient (Wildman–Crippen LogP) is 5.26. The lowest BCUT2D eigenvalue weighted by Gasteiger charge is -2.36. The van der Waals surface area contributed by atoms with Crippen molar-refractivity contribution in [1.29, 1.82) is 0 Å². The number of fused-ring (bicyclic) bond motifs is 1. The monoisotopic (exact) mass is 480 g/mol. The molecule has 5 nitrogen and oxygen atoms in total. The van der Waals surface area contributed by atoms with Crippen LogP contribution in [0.1, 0.15) is 35.9 Å². The highest BCUT2D eigenvalue weighted by Gasteiger charge is 2.35. The van der Waals surface area contributed by atoms with Crippen LogP contribution >= 0.6 is 11.3 Å². The molecule has 3 atom stereocenters. The Morgan fingerprint density at radius 2 is 2.21 bits per heavy atom. The van der Waals surface area contributed by atoms with E-state index in [2.05, 4.69) is 21.7 Å². The van der Waals surface area contributed by atoms with Gasteiger partial charge in [-0.3, -0.25) is 14.7 Å². The molecule has 0 bridgehead atoms. The second-order valence-corrected chi connectivity index (χ2v) is 9.47. The molecule has 1 fully saturated rings. The van der Waals surface area contributed by atoms with Crippen LogP contribution in [0.2, 0.25) is 0 Å². The van der Waals surface area contributed by atoms with Crippen molar-refractivity contribution in [2.45, 2.75) is 25.4 Å². The molecule has 1 aromatic carbocycles. The van der Waals surface area contributed by atoms with E-state index in [1.54, 1.807) is 30.7 Å². The molecule has 1 aliphatic rings. The SMILES string of the molecule is COC(=O)[C@H]1CN(CC#Cc2cccs2)CC[C@H]1CCC(F)c1ccnc2ccc(OC)cc12. The van der Waals surface area contributed by atoms with Gasteiger partial charge in [-0.1, -0.05) is 17.9 Å². The van der Waals surface area contributed by atoms with Crippen molar-refractivity contribution in [3.63, 3.8) is 0 Å². The Balaban J connectivity index is 1.40. The van der Waals surface area contributed by atoms with Gasteiger partial charge in [0.25, 0.3) is 0 Å². The molecule has 0 radical (unpaired) electrons. The number of hydrogen-bond donors (Lipinski definition) is 0. The average Bonchev–Trinajstić information content (AvgIpc) is 3.40. The predicted molar refractivity (Wildman–Crippen MR) is 133 cm³/mol. The van der Waals surface area contributed by atoms with E-state index in [9.17, 15) is 4.79 Å². The summed E-state index contributed by atoms with van der Waals surface area (Å²) in [6.45, 7) is 2.03. The molecule has 7 heteroatoms. The van der Waals surface area contributed by atoms with Crippen LogP contribution in [0.5, 0.6) is 5.75 Å². The lowest BCUT2D eigenvalue weighted by atomic mass is 9.81. The first-order chi connectivity index (χ1) is 16.6. The van der Waals surface area contributed by atoms with E-state index < -0.39 is 6.17 Å². The maximum atomic E-state index is 15.4. The largest absolute Gasteiger partial charge is 0.497 e. The fraction of sp³-hybridized carbons (Fsp3) is 0.407. The molecule has 4 rings (SSSR count). The van der Waals surface area contributed by atoms with E-state index in [1.807, 2.05) is 35.7 Å². The molecule has 0 saturated carbocycles. The van der Waals surface area contributed by atoms with E-state index in [-0.39, 0.29) is 17.8 Å². The highest BCUT2D eigenvalue weighted by Crippen LogP contribution is 2.35. The van der Waals surface area contributed by atoms with Crippen molar-refractivity contribution in [1.82, 2.24) is 9.88 Å². The van der Waals surface area contributed by atoms with Crippen LogP contribution in [0.15, 0.2) is 48.0 Å². The lowest BCUT2D eigenvalue weighted by Crippen LogP contribution is -2.44. The number of carbonyl (C=O) groups is 1. The second kappa shape index (κ2) is 11.5. The standard InChI is InChI=1S/C27H29FN2O3S/c1-32-20-8-10-26-23(17-20)22(11-13-29-26)25(28)9-7-19-12-15-30(18-24(19)27(31)33-2)14-3-5-21-6-4-16-34-21/h4,6,8,10-11,13,16-17,19,24-25H,7,9,12,14-15,18H2,1-2H3/t19-,24+,25?/m1/s1. The highest BCUT2D eigenvalue weighted by molar-refractivity contribution is 7.10. The normalized spacial score (nSPS) is 19.3. The maximum absolute atomic E-state index is 15.4. The van der Waals surface area contributed by atoms with Crippen LogP contribution in [0.25, 0.3) is 10.9 Å². The number of pyridine rings is 1. The zero-order chi connectivity index (χ0) is 23.9. The maximum Gasteiger partial charge on any atom is 0.310 e. The number of ether oxygens (including phenoxy) is 2. The van der Waals surface area contributed by atoms with E-state index in [0.717, 1.165) is 28.7 Å². The van der Waals surface area contributed by atoms with Crippen LogP contribution in [-0.2, 0) is 9.53 Å². The minimum Gasteiger partial charge on any atom is -0.497 e. The van der Waals surface area contributed by atoms with Gasteiger partial charge in [0.05, 0.1) is 37.1 Å². The molecule has 3 aromatic rings. The highest BCUT2D eigenvalue weighted by atomic mass is 32.1. The minimum atomic E-state index is -1.15. The summed E-state index contributed by atoms with van der Waals surface area (Å²) in [7, 11) is 3.01. The molecule has 34 heavy (non-hydrogen) atoms. The van der Waals surface area contributed by atoms with Crippen LogP contribution in [0, 0.1) is 23.7 Å². The lowest BCUT2D eigenvalue weighted by molar-refractivity contribution is -0.150. The first kappa shape index (κ1) is 24.2. The molecule has 2 aromatic heterocycles. The van der Waals surface area contributed by atoms with E-state index in [0.29, 0.717) is 37.2 Å². The first-order valence-corrected chi connectivity index (χ1v) is 12.4. The summed E-state index contributed by atoms with van der Waals surface area (Å²) in [6, 6.07) is 11.2. The van der Waals surface area contributed by atoms with Crippen molar-refractivity contribution in [3.05, 3.63) is 58.4 Å². The van der Waals surface area contributed by atoms with Crippen molar-refractivity contribution >= 4 is 28.2 Å². The number of aromatic nitrogens is 1. The third-order valence-corrected chi connectivity index (χ3v) is 7.28. The number of thiophene rings is 1. The molecule has 1 saturated heterocycles. The summed E-state index contributed by atoms with van der Waals surface area (Å²) in [6.07, 6.45) is 2.27. The molecule has 0 N–H and O–H groups in total. The first-order valence-electron chi connectivity index (χ1n) is 11.5. The molecule has 0 spiro atoms. The van der Waals surface area contributed by atoms with Gasteiger partial charge < -0.3 is 9.47 Å². The molecule has 0 aliphatic carbocycles. The average molecular weight is 481 g/mol. The van der Waals surface area contributed by atoms with Crippen LogP contribution in [0.3, 0.4) is 0 Å². The van der Waals surface area contributed by atoms with E-state index in [4.69, 9.17) is 9.47 Å². The van der Waals surface area contributed by atoms with Crippen LogP contribution in [-0.4, -0.2) is 49.7 Å². The number of likely N-dealkylation sites (tertiary alicyclic amines) is 1. The quantitative estimate of drug-likeness (QED) is 0.341. The molecule has 1 aliphatic heterocycles. The number of nitrogens with zero attached hydrogens (tertiary/aromatic N) is 2. The molecule has 178 valence electrons. The van der Waals surface area contributed by atoms with Gasteiger partial charge >= 0.3 is 5.97 Å². The van der Waals surface area contributed by atoms with Crippen molar-refractivity contribution in [2.75, 3.05) is 33.9 Å². The Kier molecular flexibility index (Phi) is 8.15. The van der Waals surface area contributed by atoms with E-state index >= 15 is 4.39 Å². The number of esters is 1. The number of benzene rings is 1. The summed E-state index contributed by atoms with van der Waals surface area (Å²) in [5.74, 6) is 6.63. The smallest absolute Gasteiger partial charge is 0.310 e. The van der Waals surface area contributed by atoms with Crippen LogP contribution < -0.4 is 4.74 Å². The van der Waals surface area contributed by atoms with Gasteiger partial charge in [-0.05, 0) is 73.0 Å². The molecule has 0 amide bonds. The number of piperidine rings is 1. The summed E-state index contributed by atoms with van der Waals surface area (Å²) >= 11 is 1.62. The number of rotatable bonds is 7. The number of hydrogen-bond acceptors (Lipinski definition) is 6. The van der Waals surface area contributed by atoms with Gasteiger partial charge in [0.2, 0.25) is 0 Å². The third-order valence-electron chi connectivity index (χ3n) is 6.49. The van der Waals surface area contributed by atoms with Gasteiger partial charge in [0, 0.05) is 18.1 Å². The van der Waals surface area contributed by atoms with Crippen molar-refractivity contribution in [2.24, 2.45) is 11.8 Å². The summed E-state index contributed by atoms with van der Waals surface area (Å²) in [5.41, 5.74) is 1.35. The fourth-order valence-electron chi connectivity index (χ4n) is 4.63. The van der Waals surface area contributed by atoms with Gasteiger partial charge in [-0.2, -0.15) is 0 Å². The summed E-state index contributed by atoms with van der Waals surface area (Å²) < 4.78 is 25.8. The second-order valence-electron chi connectivity index (χ2n) is 8.52. The fourth-order valence-corrected chi connectivity index (χ4v) is 5.22. The third kappa shape index (κ3) is 5.75. The Bertz CT molecular complexity index is 1170. The molecule has 1 unspecified atom stereocenters. The van der Waals surface area contributed by atoms with Crippen LogP contribution in [0.4, 0.5) is 4.39 Å². The van der Waals surface area contributed by atoms with Gasteiger partial charge in [0.15, 0.2) is 0 Å². The number of alkyl halides is 1. The Hall–Kier alpha value is -2.95. The molecular weight excluding hydrogens is 451 g/mol. The Labute approximate surface area is 203 Å². The van der Waals surface area contributed by atoms with Crippen molar-refractivity contribution in [3.8, 4) is 17.6 Å².